The van der Waals surface area contributed by atoms with Crippen LogP contribution in [-0.2, 0) is 4.79 Å². The van der Waals surface area contributed by atoms with Crippen LogP contribution in [0.5, 0.6) is 0 Å². The van der Waals surface area contributed by atoms with Crippen LogP contribution in [0.1, 0.15) is 13.8 Å². The molecule has 0 saturated carbocycles. The van der Waals surface area contributed by atoms with Gasteiger partial charge in [0, 0.05) is 53.6 Å². The Bertz CT molecular complexity index is 1720. The first-order chi connectivity index (χ1) is 17.6. The number of pyridine rings is 4. The highest BCUT2D eigenvalue weighted by molar-refractivity contribution is 5.96. The first-order valence-electron chi connectivity index (χ1n) is 11.4. The number of nitrogens with zero attached hydrogens (tertiary/aromatic N) is 6. The molecule has 6 aromatic rings. The molecule has 0 aliphatic heterocycles. The maximum absolute atomic E-state index is 12.1. The number of rotatable bonds is 5. The van der Waals surface area contributed by atoms with Crippen LogP contribution >= 0.6 is 0 Å². The van der Waals surface area contributed by atoms with E-state index in [-0.39, 0.29) is 11.8 Å². The van der Waals surface area contributed by atoms with Gasteiger partial charge in [-0.05, 0) is 30.3 Å². The Hall–Kier alpha value is -4.99. The van der Waals surface area contributed by atoms with E-state index < -0.39 is 0 Å². The van der Waals surface area contributed by atoms with Gasteiger partial charge in [-0.15, -0.1) is 0 Å². The van der Waals surface area contributed by atoms with Crippen molar-refractivity contribution < 1.29 is 4.79 Å². The van der Waals surface area contributed by atoms with Gasteiger partial charge in [0.2, 0.25) is 5.91 Å². The van der Waals surface area contributed by atoms with Gasteiger partial charge < -0.3 is 10.3 Å². The predicted molar refractivity (Wildman–Crippen MR) is 137 cm³/mol. The molecule has 3 N–H and O–H groups in total. The van der Waals surface area contributed by atoms with Crippen molar-refractivity contribution in [3.63, 3.8) is 0 Å². The van der Waals surface area contributed by atoms with Gasteiger partial charge >= 0.3 is 0 Å². The molecule has 36 heavy (non-hydrogen) atoms. The Kier molecular flexibility index (Phi) is 5.18. The van der Waals surface area contributed by atoms with Gasteiger partial charge in [0.05, 0.1) is 28.5 Å². The Labute approximate surface area is 205 Å². The fourth-order valence-electron chi connectivity index (χ4n) is 3.97. The maximum Gasteiger partial charge on any atom is 0.226 e. The zero-order valence-electron chi connectivity index (χ0n) is 19.5. The average Bonchev–Trinajstić information content (AvgIpc) is 3.53. The highest BCUT2D eigenvalue weighted by Gasteiger charge is 2.17. The lowest BCUT2D eigenvalue weighted by Gasteiger charge is -2.09. The third kappa shape index (κ3) is 3.84. The Balaban J connectivity index is 1.41. The minimum Gasteiger partial charge on any atom is -0.337 e. The number of carbonyl (C=O) groups is 1. The molecule has 1 amide bonds. The molecule has 0 aliphatic rings. The van der Waals surface area contributed by atoms with E-state index in [4.69, 9.17) is 4.98 Å². The van der Waals surface area contributed by atoms with Crippen LogP contribution in [0.4, 0.5) is 5.69 Å². The lowest BCUT2D eigenvalue weighted by Crippen LogP contribution is -2.17. The zero-order valence-corrected chi connectivity index (χ0v) is 19.5. The second kappa shape index (κ2) is 8.66. The van der Waals surface area contributed by atoms with E-state index in [9.17, 15) is 4.79 Å². The quantitative estimate of drug-likeness (QED) is 0.331. The highest BCUT2D eigenvalue weighted by Crippen LogP contribution is 2.31. The summed E-state index contributed by atoms with van der Waals surface area (Å²) >= 11 is 0. The molecule has 0 atom stereocenters. The summed E-state index contributed by atoms with van der Waals surface area (Å²) in [5, 5.41) is 11.1. The molecule has 0 saturated heterocycles. The van der Waals surface area contributed by atoms with E-state index in [0.717, 1.165) is 38.8 Å². The molecule has 0 aromatic carbocycles. The van der Waals surface area contributed by atoms with Crippen molar-refractivity contribution in [3.05, 3.63) is 67.5 Å². The zero-order chi connectivity index (χ0) is 24.6. The van der Waals surface area contributed by atoms with Crippen molar-refractivity contribution in [2.24, 2.45) is 5.92 Å². The van der Waals surface area contributed by atoms with E-state index in [1.165, 1.54) is 0 Å². The van der Waals surface area contributed by atoms with Gasteiger partial charge in [-0.2, -0.15) is 5.10 Å². The van der Waals surface area contributed by atoms with E-state index >= 15 is 0 Å². The summed E-state index contributed by atoms with van der Waals surface area (Å²) < 4.78 is 0. The minimum atomic E-state index is -0.127. The normalized spacial score (nSPS) is 11.4. The van der Waals surface area contributed by atoms with Crippen LogP contribution in [0.15, 0.2) is 67.5 Å². The molecule has 10 nitrogen and oxygen atoms in total. The molecule has 176 valence electrons. The molecule has 6 heterocycles. The van der Waals surface area contributed by atoms with E-state index in [1.807, 2.05) is 44.2 Å². The van der Waals surface area contributed by atoms with E-state index in [0.29, 0.717) is 22.9 Å². The van der Waals surface area contributed by atoms with Crippen LogP contribution in [-0.4, -0.2) is 46.0 Å². The molecule has 0 unspecified atom stereocenters. The summed E-state index contributed by atoms with van der Waals surface area (Å²) in [5.74, 6) is 0.439. The fourth-order valence-corrected chi connectivity index (χ4v) is 3.97. The molecule has 6 rings (SSSR count). The van der Waals surface area contributed by atoms with Crippen LogP contribution in [0.3, 0.4) is 0 Å². The third-order valence-electron chi connectivity index (χ3n) is 5.86. The molecule has 0 aliphatic carbocycles. The topological polar surface area (TPSA) is 138 Å². The monoisotopic (exact) mass is 475 g/mol. The van der Waals surface area contributed by atoms with Crippen molar-refractivity contribution in [2.75, 3.05) is 5.32 Å². The largest absolute Gasteiger partial charge is 0.337 e. The number of imidazole rings is 1. The summed E-state index contributed by atoms with van der Waals surface area (Å²) in [6, 6.07) is 9.57. The Morgan fingerprint density at radius 1 is 0.917 bits per heavy atom. The van der Waals surface area contributed by atoms with E-state index in [1.54, 1.807) is 37.2 Å². The molecular formula is C26H21N9O. The van der Waals surface area contributed by atoms with Crippen LogP contribution in [0, 0.1) is 5.92 Å². The Morgan fingerprint density at radius 3 is 2.58 bits per heavy atom. The van der Waals surface area contributed by atoms with Gasteiger partial charge in [-0.1, -0.05) is 13.8 Å². The summed E-state index contributed by atoms with van der Waals surface area (Å²) in [6.07, 6.45) is 10.3. The van der Waals surface area contributed by atoms with Crippen molar-refractivity contribution in [3.8, 4) is 33.9 Å². The van der Waals surface area contributed by atoms with Crippen molar-refractivity contribution >= 4 is 33.7 Å². The van der Waals surface area contributed by atoms with Gasteiger partial charge in [-0.3, -0.25) is 24.8 Å². The average molecular weight is 476 g/mol. The molecular weight excluding hydrogens is 454 g/mol. The maximum atomic E-state index is 12.1. The third-order valence-corrected chi connectivity index (χ3v) is 5.86. The van der Waals surface area contributed by atoms with Gasteiger partial charge in [0.1, 0.15) is 11.2 Å². The molecule has 0 radical (unpaired) electrons. The number of fused-ring (bicyclic) bond motifs is 2. The Morgan fingerprint density at radius 2 is 1.75 bits per heavy atom. The summed E-state index contributed by atoms with van der Waals surface area (Å²) in [5.41, 5.74) is 6.90. The number of H-pyrrole nitrogens is 2. The van der Waals surface area contributed by atoms with Gasteiger partial charge in [0.25, 0.3) is 0 Å². The number of anilines is 1. The lowest BCUT2D eigenvalue weighted by molar-refractivity contribution is -0.118. The van der Waals surface area contributed by atoms with Crippen molar-refractivity contribution in [1.29, 1.82) is 0 Å². The summed E-state index contributed by atoms with van der Waals surface area (Å²) in [6.45, 7) is 3.69. The van der Waals surface area contributed by atoms with Gasteiger partial charge in [-0.25, -0.2) is 9.97 Å². The molecule has 6 aromatic heterocycles. The highest BCUT2D eigenvalue weighted by atomic mass is 16.1. The van der Waals surface area contributed by atoms with Crippen LogP contribution < -0.4 is 5.32 Å². The number of hydrogen-bond donors (Lipinski definition) is 3. The van der Waals surface area contributed by atoms with Gasteiger partial charge in [0.15, 0.2) is 11.5 Å². The van der Waals surface area contributed by atoms with E-state index in [2.05, 4.69) is 40.4 Å². The molecule has 0 fully saturated rings. The molecule has 10 heteroatoms. The SMILES string of the molecule is CC(C)C(=O)Nc1cncc(-c2cnc3n[nH]c(-c4nc5c(-c6ccncc6)nccc5[nH]4)c3c2)c1. The first-order valence-corrected chi connectivity index (χ1v) is 11.4. The molecule has 0 bridgehead atoms. The second-order valence-corrected chi connectivity index (χ2v) is 8.68. The second-order valence-electron chi connectivity index (χ2n) is 8.68. The standard InChI is InChI=1S/C26H21N9O/c1-14(2)26(36)31-18-9-16(11-28-13-18)17-10-19-22(34-35-24(19)30-12-17)25-32-20-5-8-29-21(23(20)33-25)15-3-6-27-7-4-15/h3-14H,1-2H3,(H,31,36)(H,32,33)(H,30,34,35). The number of carbonyl (C=O) groups excluding carboxylic acids is 1. The fraction of sp³-hybridized carbons (Fsp3) is 0.115. The number of aromatic nitrogens is 8. The van der Waals surface area contributed by atoms with Crippen molar-refractivity contribution in [2.45, 2.75) is 13.8 Å². The number of hydrogen-bond acceptors (Lipinski definition) is 7. The summed E-state index contributed by atoms with van der Waals surface area (Å²) in [4.78, 5) is 37.8. The molecule has 0 spiro atoms. The summed E-state index contributed by atoms with van der Waals surface area (Å²) in [7, 11) is 0. The first kappa shape index (κ1) is 21.5. The lowest BCUT2D eigenvalue weighted by atomic mass is 10.1. The minimum absolute atomic E-state index is 0.0647. The predicted octanol–water partition coefficient (Wildman–Crippen LogP) is 4.61. The van der Waals surface area contributed by atoms with Crippen LogP contribution in [0.2, 0.25) is 0 Å². The van der Waals surface area contributed by atoms with Crippen LogP contribution in [0.25, 0.3) is 56.0 Å². The van der Waals surface area contributed by atoms with Crippen molar-refractivity contribution in [1.82, 2.24) is 40.1 Å². The smallest absolute Gasteiger partial charge is 0.226 e. The number of aromatic amines is 2. The number of amides is 1. The number of nitrogens with one attached hydrogen (secondary N) is 3.